The molecular formula is C27H25N2O7-. The Morgan fingerprint density at radius 1 is 0.972 bits per heavy atom. The Morgan fingerprint density at radius 2 is 1.78 bits per heavy atom. The van der Waals surface area contributed by atoms with Crippen LogP contribution in [0.2, 0.25) is 0 Å². The molecule has 4 rings (SSSR count). The Bertz CT molecular complexity index is 1440. The van der Waals surface area contributed by atoms with Gasteiger partial charge in [0.05, 0.1) is 12.2 Å². The molecule has 1 aliphatic heterocycles. The number of amides is 1. The standard InChI is InChI=1S/C27H26N2O7/c28-35-12-4-2-1-3-11-29-26(32)16-5-8-19(27(33)34)22(13-16)25-20-9-6-17(30)14-23(20)36-24-15-18(31)7-10-21(24)25/h5-10,13-15,30H,1-4,11-12,28H2,(H,29,32)(H,33,34)/p-1. The van der Waals surface area contributed by atoms with Gasteiger partial charge < -0.3 is 24.8 Å². The topological polar surface area (TPSA) is 155 Å². The molecule has 0 saturated heterocycles. The Morgan fingerprint density at radius 3 is 2.56 bits per heavy atom. The van der Waals surface area contributed by atoms with Gasteiger partial charge >= 0.3 is 5.97 Å². The molecule has 1 amide bonds. The molecule has 9 nitrogen and oxygen atoms in total. The Hall–Kier alpha value is -4.21. The van der Waals surface area contributed by atoms with E-state index < -0.39 is 5.97 Å². The van der Waals surface area contributed by atoms with Crippen LogP contribution in [0.25, 0.3) is 33.4 Å². The first-order valence-corrected chi connectivity index (χ1v) is 11.5. The third kappa shape index (κ3) is 5.37. The molecule has 9 heteroatoms. The highest BCUT2D eigenvalue weighted by Crippen LogP contribution is 2.42. The van der Waals surface area contributed by atoms with E-state index >= 15 is 0 Å². The number of benzene rings is 3. The first-order valence-electron chi connectivity index (χ1n) is 11.5. The zero-order chi connectivity index (χ0) is 25.7. The van der Waals surface area contributed by atoms with E-state index in [1.165, 1.54) is 42.5 Å². The highest BCUT2D eigenvalue weighted by Gasteiger charge is 2.23. The lowest BCUT2D eigenvalue weighted by atomic mass is 9.89. The van der Waals surface area contributed by atoms with Crippen molar-refractivity contribution >= 4 is 22.8 Å². The van der Waals surface area contributed by atoms with Gasteiger partial charge in [-0.2, -0.15) is 0 Å². The summed E-state index contributed by atoms with van der Waals surface area (Å²) in [5, 5.41) is 25.2. The smallest absolute Gasteiger partial charge is 0.336 e. The molecule has 2 aromatic rings. The molecule has 2 aliphatic rings. The third-order valence-corrected chi connectivity index (χ3v) is 5.92. The molecule has 0 spiro atoms. The summed E-state index contributed by atoms with van der Waals surface area (Å²) in [7, 11) is 0. The monoisotopic (exact) mass is 489 g/mol. The Balaban J connectivity index is 1.74. The van der Waals surface area contributed by atoms with E-state index in [2.05, 4.69) is 10.2 Å². The maximum atomic E-state index is 12.9. The lowest BCUT2D eigenvalue weighted by molar-refractivity contribution is -0.268. The van der Waals surface area contributed by atoms with Crippen molar-refractivity contribution in [3.8, 4) is 28.2 Å². The number of nitrogens with two attached hydrogens (primary N) is 1. The van der Waals surface area contributed by atoms with Gasteiger partial charge in [-0.05, 0) is 54.8 Å². The van der Waals surface area contributed by atoms with Crippen molar-refractivity contribution < 1.29 is 29.1 Å². The molecule has 0 aromatic heterocycles. The first-order chi connectivity index (χ1) is 17.4. The highest BCUT2D eigenvalue weighted by atomic mass is 16.6. The molecule has 186 valence electrons. The summed E-state index contributed by atoms with van der Waals surface area (Å²) in [4.78, 5) is 41.5. The minimum Gasteiger partial charge on any atom is -0.872 e. The summed E-state index contributed by atoms with van der Waals surface area (Å²) in [5.74, 6) is 3.40. The lowest BCUT2D eigenvalue weighted by Gasteiger charge is -2.18. The van der Waals surface area contributed by atoms with Crippen molar-refractivity contribution in [2.45, 2.75) is 25.7 Å². The van der Waals surface area contributed by atoms with Crippen LogP contribution in [0.4, 0.5) is 0 Å². The molecule has 0 saturated carbocycles. The Labute approximate surface area is 206 Å². The van der Waals surface area contributed by atoms with Gasteiger partial charge in [-0.25, -0.2) is 10.7 Å². The van der Waals surface area contributed by atoms with Gasteiger partial charge in [-0.1, -0.05) is 25.0 Å². The number of hydrogen-bond donors (Lipinski definition) is 3. The fraction of sp³-hybridized carbons (Fsp3) is 0.222. The first kappa shape index (κ1) is 24.9. The summed E-state index contributed by atoms with van der Waals surface area (Å²) >= 11 is 0. The van der Waals surface area contributed by atoms with E-state index in [0.29, 0.717) is 29.7 Å². The maximum absolute atomic E-state index is 12.9. The fourth-order valence-electron chi connectivity index (χ4n) is 4.19. The number of hydrogen-bond acceptors (Lipinski definition) is 7. The van der Waals surface area contributed by atoms with Gasteiger partial charge in [0.25, 0.3) is 5.91 Å². The number of nitrogens with one attached hydrogen (secondary N) is 1. The van der Waals surface area contributed by atoms with Gasteiger partial charge in [-0.15, -0.1) is 5.75 Å². The van der Waals surface area contributed by atoms with Crippen LogP contribution < -0.4 is 21.7 Å². The zero-order valence-corrected chi connectivity index (χ0v) is 19.4. The van der Waals surface area contributed by atoms with Crippen molar-refractivity contribution in [1.82, 2.24) is 5.32 Å². The van der Waals surface area contributed by atoms with E-state index in [1.807, 2.05) is 0 Å². The molecule has 4 N–H and O–H groups in total. The number of carboxylic acid groups (broad SMARTS) is 1. The van der Waals surface area contributed by atoms with Crippen LogP contribution in [0.15, 0.2) is 63.8 Å². The quantitative estimate of drug-likeness (QED) is 0.174. The second-order valence-electron chi connectivity index (χ2n) is 8.40. The summed E-state index contributed by atoms with van der Waals surface area (Å²) in [6, 6.07) is 12.7. The average Bonchev–Trinajstić information content (AvgIpc) is 2.86. The SMILES string of the molecule is NOCCCCCCNC(=O)c1ccc(C(=O)O)c(-c2c3ccc(=O)cc-3oc3cc([O-])ccc23)c1. The van der Waals surface area contributed by atoms with E-state index in [1.54, 1.807) is 12.1 Å². The molecule has 1 aliphatic carbocycles. The van der Waals surface area contributed by atoms with Crippen LogP contribution in [0, 0.1) is 0 Å². The highest BCUT2D eigenvalue weighted by molar-refractivity contribution is 6.09. The molecule has 2 aromatic carbocycles. The van der Waals surface area contributed by atoms with Crippen molar-refractivity contribution in [2.75, 3.05) is 13.2 Å². The van der Waals surface area contributed by atoms with Gasteiger partial charge in [0.15, 0.2) is 5.43 Å². The molecule has 0 bridgehead atoms. The van der Waals surface area contributed by atoms with Crippen molar-refractivity contribution in [1.29, 1.82) is 0 Å². The molecule has 0 atom stereocenters. The largest absolute Gasteiger partial charge is 0.872 e. The van der Waals surface area contributed by atoms with Crippen LogP contribution in [0.3, 0.4) is 0 Å². The van der Waals surface area contributed by atoms with Crippen LogP contribution >= 0.6 is 0 Å². The summed E-state index contributed by atoms with van der Waals surface area (Å²) in [6.45, 7) is 0.959. The molecule has 0 fully saturated rings. The minimum atomic E-state index is -1.18. The molecule has 0 radical (unpaired) electrons. The number of rotatable bonds is 10. The summed E-state index contributed by atoms with van der Waals surface area (Å²) in [6.07, 6.45) is 3.46. The van der Waals surface area contributed by atoms with E-state index in [9.17, 15) is 24.6 Å². The zero-order valence-electron chi connectivity index (χ0n) is 19.4. The number of carbonyl (C=O) groups excluding carboxylic acids is 1. The summed E-state index contributed by atoms with van der Waals surface area (Å²) in [5.41, 5.74) is 1.40. The van der Waals surface area contributed by atoms with Crippen LogP contribution in [0.1, 0.15) is 46.4 Å². The molecular weight excluding hydrogens is 464 g/mol. The number of carbonyl (C=O) groups is 2. The van der Waals surface area contributed by atoms with Crippen LogP contribution in [-0.4, -0.2) is 30.1 Å². The third-order valence-electron chi connectivity index (χ3n) is 5.92. The fourth-order valence-corrected chi connectivity index (χ4v) is 4.19. The van der Waals surface area contributed by atoms with Crippen molar-refractivity contribution in [2.24, 2.45) is 5.90 Å². The molecule has 36 heavy (non-hydrogen) atoms. The minimum absolute atomic E-state index is 0.0279. The number of fused-ring (bicyclic) bond motifs is 2. The second kappa shape index (κ2) is 11.0. The lowest BCUT2D eigenvalue weighted by Crippen LogP contribution is -2.24. The van der Waals surface area contributed by atoms with Gasteiger partial charge in [0.1, 0.15) is 11.3 Å². The van der Waals surface area contributed by atoms with Gasteiger partial charge in [0.2, 0.25) is 0 Å². The number of carboxylic acids is 1. The number of unbranched alkanes of at least 4 members (excludes halogenated alkanes) is 3. The van der Waals surface area contributed by atoms with E-state index in [4.69, 9.17) is 10.3 Å². The molecule has 1 heterocycles. The van der Waals surface area contributed by atoms with Crippen molar-refractivity contribution in [3.63, 3.8) is 0 Å². The second-order valence-corrected chi connectivity index (χ2v) is 8.40. The van der Waals surface area contributed by atoms with Gasteiger partial charge in [-0.3, -0.25) is 9.59 Å². The predicted molar refractivity (Wildman–Crippen MR) is 132 cm³/mol. The predicted octanol–water partition coefficient (Wildman–Crippen LogP) is 3.52. The Kier molecular flexibility index (Phi) is 7.62. The summed E-state index contributed by atoms with van der Waals surface area (Å²) < 4.78 is 5.81. The van der Waals surface area contributed by atoms with Gasteiger partial charge in [0, 0.05) is 34.7 Å². The van der Waals surface area contributed by atoms with E-state index in [-0.39, 0.29) is 45.1 Å². The normalized spacial score (nSPS) is 11.1. The maximum Gasteiger partial charge on any atom is 0.336 e. The van der Waals surface area contributed by atoms with E-state index in [0.717, 1.165) is 25.7 Å². The van der Waals surface area contributed by atoms with Crippen LogP contribution in [0.5, 0.6) is 5.75 Å². The van der Waals surface area contributed by atoms with Crippen LogP contribution in [-0.2, 0) is 4.84 Å². The average molecular weight is 490 g/mol. The molecule has 0 unspecified atom stereocenters. The van der Waals surface area contributed by atoms with Crippen molar-refractivity contribution in [3.05, 3.63) is 75.9 Å². The number of aromatic carboxylic acids is 1.